The van der Waals surface area contributed by atoms with Gasteiger partial charge in [0, 0.05) is 37.4 Å². The van der Waals surface area contributed by atoms with E-state index in [1.54, 1.807) is 4.90 Å². The number of nitrogens with one attached hydrogen (secondary N) is 2. The Bertz CT molecular complexity index is 920. The highest BCUT2D eigenvalue weighted by atomic mass is 16.2. The summed E-state index contributed by atoms with van der Waals surface area (Å²) >= 11 is 0. The van der Waals surface area contributed by atoms with Crippen molar-refractivity contribution in [2.75, 3.05) is 19.6 Å². The van der Waals surface area contributed by atoms with Crippen LogP contribution in [0.15, 0.2) is 30.3 Å². The molecule has 1 aliphatic carbocycles. The van der Waals surface area contributed by atoms with Crippen LogP contribution in [0.1, 0.15) is 48.2 Å². The molecular weight excluding hydrogens is 390 g/mol. The second-order valence-electron chi connectivity index (χ2n) is 8.93. The van der Waals surface area contributed by atoms with E-state index in [1.807, 2.05) is 36.7 Å². The van der Waals surface area contributed by atoms with Crippen molar-refractivity contribution in [3.05, 3.63) is 52.8 Å². The van der Waals surface area contributed by atoms with Gasteiger partial charge in [-0.2, -0.15) is 5.10 Å². The number of hydrogen-bond donors (Lipinski definition) is 2. The summed E-state index contributed by atoms with van der Waals surface area (Å²) in [7, 11) is 0. The molecule has 1 unspecified atom stereocenters. The van der Waals surface area contributed by atoms with Crippen molar-refractivity contribution in [3.63, 3.8) is 0 Å². The molecule has 1 aromatic carbocycles. The first kappa shape index (κ1) is 21.4. The second-order valence-corrected chi connectivity index (χ2v) is 8.93. The number of aromatic nitrogens is 2. The van der Waals surface area contributed by atoms with Crippen LogP contribution in [0, 0.1) is 25.7 Å². The van der Waals surface area contributed by atoms with E-state index < -0.39 is 0 Å². The van der Waals surface area contributed by atoms with Crippen LogP contribution in [0.3, 0.4) is 0 Å². The molecule has 2 fully saturated rings. The minimum absolute atomic E-state index is 0.0956. The highest BCUT2D eigenvalue weighted by Crippen LogP contribution is 2.28. The molecule has 1 saturated heterocycles. The molecule has 2 aromatic rings. The second kappa shape index (κ2) is 9.54. The van der Waals surface area contributed by atoms with E-state index in [9.17, 15) is 9.59 Å². The average Bonchev–Trinajstić information content (AvgIpc) is 3.58. The molecule has 0 radical (unpaired) electrons. The minimum atomic E-state index is -0.102. The Hall–Kier alpha value is -2.83. The Morgan fingerprint density at radius 1 is 1.10 bits per heavy atom. The molecule has 1 atom stereocenters. The van der Waals surface area contributed by atoms with Gasteiger partial charge in [-0.15, -0.1) is 0 Å². The summed E-state index contributed by atoms with van der Waals surface area (Å²) in [6.07, 6.45) is 4.16. The van der Waals surface area contributed by atoms with Gasteiger partial charge >= 0.3 is 6.03 Å². The largest absolute Gasteiger partial charge is 0.356 e. The number of urea groups is 1. The van der Waals surface area contributed by atoms with Crippen LogP contribution in [0.25, 0.3) is 0 Å². The lowest BCUT2D eigenvalue weighted by atomic mass is 9.97. The Kier molecular flexibility index (Phi) is 6.59. The van der Waals surface area contributed by atoms with Crippen LogP contribution in [0.4, 0.5) is 4.79 Å². The smallest absolute Gasteiger partial charge is 0.317 e. The molecule has 2 N–H and O–H groups in total. The molecule has 0 spiro atoms. The summed E-state index contributed by atoms with van der Waals surface area (Å²) in [5.74, 6) is 0.662. The average molecular weight is 424 g/mol. The molecule has 166 valence electrons. The molecule has 7 heteroatoms. The van der Waals surface area contributed by atoms with E-state index in [0.29, 0.717) is 32.1 Å². The number of nitrogens with zero attached hydrogens (tertiary/aromatic N) is 3. The molecule has 1 aliphatic heterocycles. The van der Waals surface area contributed by atoms with Crippen molar-refractivity contribution < 1.29 is 9.59 Å². The van der Waals surface area contributed by atoms with Gasteiger partial charge in [-0.3, -0.25) is 9.48 Å². The van der Waals surface area contributed by atoms with E-state index >= 15 is 0 Å². The van der Waals surface area contributed by atoms with Gasteiger partial charge in [0.25, 0.3) is 0 Å². The number of rotatable bonds is 7. The van der Waals surface area contributed by atoms with Gasteiger partial charge in [0.05, 0.1) is 18.2 Å². The van der Waals surface area contributed by atoms with Gasteiger partial charge in [-0.1, -0.05) is 30.3 Å². The third-order valence-electron chi connectivity index (χ3n) is 6.46. The lowest BCUT2D eigenvalue weighted by molar-refractivity contribution is -0.126. The zero-order valence-electron chi connectivity index (χ0n) is 18.6. The van der Waals surface area contributed by atoms with Gasteiger partial charge in [-0.05, 0) is 51.0 Å². The summed E-state index contributed by atoms with van der Waals surface area (Å²) in [5.41, 5.74) is 4.25. The summed E-state index contributed by atoms with van der Waals surface area (Å²) in [6, 6.07) is 10.1. The Morgan fingerprint density at radius 2 is 1.87 bits per heavy atom. The van der Waals surface area contributed by atoms with E-state index in [4.69, 9.17) is 0 Å². The summed E-state index contributed by atoms with van der Waals surface area (Å²) in [6.45, 7) is 7.17. The molecule has 2 heterocycles. The zero-order valence-corrected chi connectivity index (χ0v) is 18.6. The highest BCUT2D eigenvalue weighted by Gasteiger charge is 2.30. The van der Waals surface area contributed by atoms with Crippen molar-refractivity contribution >= 4 is 11.9 Å². The van der Waals surface area contributed by atoms with Crippen LogP contribution < -0.4 is 10.6 Å². The molecule has 7 nitrogen and oxygen atoms in total. The van der Waals surface area contributed by atoms with E-state index in [0.717, 1.165) is 36.3 Å². The van der Waals surface area contributed by atoms with Crippen molar-refractivity contribution in [2.24, 2.45) is 11.8 Å². The maximum absolute atomic E-state index is 12.8. The van der Waals surface area contributed by atoms with Crippen molar-refractivity contribution in [2.45, 2.75) is 52.6 Å². The predicted octanol–water partition coefficient (Wildman–Crippen LogP) is 3.00. The Balaban J connectivity index is 1.31. The predicted molar refractivity (Wildman–Crippen MR) is 120 cm³/mol. The molecule has 1 saturated carbocycles. The van der Waals surface area contributed by atoms with Gasteiger partial charge < -0.3 is 15.5 Å². The molecule has 4 rings (SSSR count). The normalized spacial score (nSPS) is 18.6. The van der Waals surface area contributed by atoms with E-state index in [1.165, 1.54) is 18.4 Å². The summed E-state index contributed by atoms with van der Waals surface area (Å²) in [4.78, 5) is 27.0. The number of piperidine rings is 1. The maximum Gasteiger partial charge on any atom is 0.317 e. The summed E-state index contributed by atoms with van der Waals surface area (Å²) in [5, 5.41) is 10.8. The molecule has 1 aromatic heterocycles. The molecule has 3 amide bonds. The van der Waals surface area contributed by atoms with Gasteiger partial charge in [0.15, 0.2) is 0 Å². The Labute approximate surface area is 184 Å². The molecule has 0 bridgehead atoms. The number of likely N-dealkylation sites (tertiary alicyclic amines) is 1. The number of aryl methyl sites for hydroxylation is 1. The third kappa shape index (κ3) is 5.46. The number of benzene rings is 1. The third-order valence-corrected chi connectivity index (χ3v) is 6.46. The quantitative estimate of drug-likeness (QED) is 0.719. The lowest BCUT2D eigenvalue weighted by Crippen LogP contribution is -2.49. The SMILES string of the molecule is Cc1nn(Cc2ccccc2)c(C)c1CNC(=O)N1CCCC(C(=O)NCC2CC2)C1. The number of hydrogen-bond acceptors (Lipinski definition) is 3. The van der Waals surface area contributed by atoms with Crippen LogP contribution in [0.2, 0.25) is 0 Å². The van der Waals surface area contributed by atoms with E-state index in [2.05, 4.69) is 27.9 Å². The Morgan fingerprint density at radius 3 is 2.61 bits per heavy atom. The van der Waals surface area contributed by atoms with Crippen LogP contribution in [-0.2, 0) is 17.9 Å². The fourth-order valence-corrected chi connectivity index (χ4v) is 4.26. The van der Waals surface area contributed by atoms with Crippen LogP contribution in [-0.4, -0.2) is 46.3 Å². The first-order valence-corrected chi connectivity index (χ1v) is 11.4. The number of amides is 3. The number of carbonyl (C=O) groups excluding carboxylic acids is 2. The zero-order chi connectivity index (χ0) is 21.8. The van der Waals surface area contributed by atoms with Crippen molar-refractivity contribution in [1.82, 2.24) is 25.3 Å². The first-order valence-electron chi connectivity index (χ1n) is 11.4. The molecule has 31 heavy (non-hydrogen) atoms. The fourth-order valence-electron chi connectivity index (χ4n) is 4.26. The lowest BCUT2D eigenvalue weighted by Gasteiger charge is -2.32. The molecule has 2 aliphatic rings. The van der Waals surface area contributed by atoms with E-state index in [-0.39, 0.29) is 17.9 Å². The van der Waals surface area contributed by atoms with Crippen LogP contribution in [0.5, 0.6) is 0 Å². The van der Waals surface area contributed by atoms with Crippen molar-refractivity contribution in [1.29, 1.82) is 0 Å². The maximum atomic E-state index is 12.8. The minimum Gasteiger partial charge on any atom is -0.356 e. The fraction of sp³-hybridized carbons (Fsp3) is 0.542. The van der Waals surface area contributed by atoms with Gasteiger partial charge in [0.1, 0.15) is 0 Å². The standard InChI is InChI=1S/C24H33N5O2/c1-17-22(18(2)29(27-17)15-20-7-4-3-5-8-20)14-26-24(31)28-12-6-9-21(16-28)23(30)25-13-19-10-11-19/h3-5,7-8,19,21H,6,9-16H2,1-2H3,(H,25,30)(H,26,31). The van der Waals surface area contributed by atoms with Gasteiger partial charge in [0.2, 0.25) is 5.91 Å². The monoisotopic (exact) mass is 423 g/mol. The highest BCUT2D eigenvalue weighted by molar-refractivity contribution is 5.80. The van der Waals surface area contributed by atoms with Gasteiger partial charge in [-0.25, -0.2) is 4.79 Å². The van der Waals surface area contributed by atoms with Crippen molar-refractivity contribution in [3.8, 4) is 0 Å². The first-order chi connectivity index (χ1) is 15.0. The summed E-state index contributed by atoms with van der Waals surface area (Å²) < 4.78 is 1.99. The van der Waals surface area contributed by atoms with Crippen LogP contribution >= 0.6 is 0 Å². The topological polar surface area (TPSA) is 79.3 Å². The molecular formula is C24H33N5O2. The number of carbonyl (C=O) groups is 2.